The summed E-state index contributed by atoms with van der Waals surface area (Å²) in [6.07, 6.45) is -1.44. The average molecular weight is 516 g/mol. The summed E-state index contributed by atoms with van der Waals surface area (Å²) in [5.74, 6) is -2.64. The maximum absolute atomic E-state index is 14.0. The quantitative estimate of drug-likeness (QED) is 0.270. The molecular weight excluding hydrogens is 501 g/mol. The number of pyridine rings is 1. The van der Waals surface area contributed by atoms with Crippen molar-refractivity contribution in [2.75, 3.05) is 6.61 Å². The van der Waals surface area contributed by atoms with Crippen molar-refractivity contribution in [2.45, 2.75) is 25.7 Å². The van der Waals surface area contributed by atoms with E-state index in [1.54, 1.807) is 6.20 Å². The van der Waals surface area contributed by atoms with Crippen molar-refractivity contribution in [3.05, 3.63) is 64.0 Å². The lowest BCUT2D eigenvalue weighted by molar-refractivity contribution is -0.145. The Morgan fingerprint density at radius 1 is 1.15 bits per heavy atom. The van der Waals surface area contributed by atoms with Gasteiger partial charge < -0.3 is 9.84 Å². The maximum Gasteiger partial charge on any atom is 0.451 e. The van der Waals surface area contributed by atoms with Gasteiger partial charge in [-0.1, -0.05) is 23.2 Å². The summed E-state index contributed by atoms with van der Waals surface area (Å²) in [5, 5.41) is 13.0. The number of hydrogen-bond acceptors (Lipinski definition) is 6. The van der Waals surface area contributed by atoms with E-state index in [0.717, 1.165) is 6.07 Å². The van der Waals surface area contributed by atoms with Crippen LogP contribution in [-0.2, 0) is 12.7 Å². The van der Waals surface area contributed by atoms with Gasteiger partial charge in [0.15, 0.2) is 5.65 Å². The number of halogens is 6. The molecule has 4 aromatic rings. The largest absolute Gasteiger partial charge is 0.469 e. The third kappa shape index (κ3) is 4.77. The first-order chi connectivity index (χ1) is 16.1. The zero-order chi connectivity index (χ0) is 24.6. The molecule has 0 unspecified atom stereocenters. The van der Waals surface area contributed by atoms with Crippen LogP contribution in [0.3, 0.4) is 0 Å². The Bertz CT molecular complexity index is 1360. The Balaban J connectivity index is 1.83. The average Bonchev–Trinajstić information content (AvgIpc) is 3.24. The first-order valence-corrected chi connectivity index (χ1v) is 10.5. The van der Waals surface area contributed by atoms with Crippen LogP contribution in [-0.4, -0.2) is 36.4 Å². The van der Waals surface area contributed by atoms with E-state index in [9.17, 15) is 17.6 Å². The highest BCUT2D eigenvalue weighted by Crippen LogP contribution is 2.38. The molecule has 0 aliphatic rings. The molecule has 4 rings (SSSR count). The van der Waals surface area contributed by atoms with Crippen molar-refractivity contribution < 1.29 is 27.4 Å². The number of ether oxygens (including phenoxy) is 1. The van der Waals surface area contributed by atoms with E-state index in [1.165, 1.54) is 36.1 Å². The van der Waals surface area contributed by atoms with Crippen LogP contribution in [0.25, 0.3) is 22.2 Å². The molecule has 0 aliphatic carbocycles. The SMILES string of the molecule is C[C@@H](Oc1nc(C(F)(F)F)nc2ncc(-c3cnn(CCO)c3)cc12)c1c(Cl)ccc(F)c1Cl. The third-order valence-electron chi connectivity index (χ3n) is 4.84. The Morgan fingerprint density at radius 2 is 1.91 bits per heavy atom. The van der Waals surface area contributed by atoms with Crippen LogP contribution >= 0.6 is 23.2 Å². The first-order valence-electron chi connectivity index (χ1n) is 9.77. The molecule has 3 aromatic heterocycles. The van der Waals surface area contributed by atoms with Crippen molar-refractivity contribution in [3.8, 4) is 17.0 Å². The Hall–Kier alpha value is -3.02. The van der Waals surface area contributed by atoms with Crippen molar-refractivity contribution in [2.24, 2.45) is 0 Å². The van der Waals surface area contributed by atoms with Crippen LogP contribution in [0.15, 0.2) is 36.8 Å². The van der Waals surface area contributed by atoms with Gasteiger partial charge in [0.1, 0.15) is 11.9 Å². The van der Waals surface area contributed by atoms with Gasteiger partial charge in [-0.2, -0.15) is 23.3 Å². The highest BCUT2D eigenvalue weighted by Gasteiger charge is 2.36. The number of aliphatic hydroxyl groups excluding tert-OH is 1. The van der Waals surface area contributed by atoms with Gasteiger partial charge >= 0.3 is 6.18 Å². The van der Waals surface area contributed by atoms with Gasteiger partial charge in [0.2, 0.25) is 11.7 Å². The molecule has 0 aliphatic heterocycles. The fraction of sp³-hybridized carbons (Fsp3) is 0.238. The summed E-state index contributed by atoms with van der Waals surface area (Å²) in [7, 11) is 0. The molecule has 13 heteroatoms. The number of benzene rings is 1. The smallest absolute Gasteiger partial charge is 0.451 e. The number of aliphatic hydroxyl groups is 1. The minimum absolute atomic E-state index is 0.0537. The fourth-order valence-electron chi connectivity index (χ4n) is 3.24. The maximum atomic E-state index is 14.0. The first kappa shape index (κ1) is 24.1. The summed E-state index contributed by atoms with van der Waals surface area (Å²) in [6.45, 7) is 1.59. The Kier molecular flexibility index (Phi) is 6.61. The van der Waals surface area contributed by atoms with Crippen molar-refractivity contribution >= 4 is 34.2 Å². The van der Waals surface area contributed by atoms with E-state index < -0.39 is 29.8 Å². The molecule has 1 N–H and O–H groups in total. The monoisotopic (exact) mass is 515 g/mol. The molecule has 178 valence electrons. The number of aromatic nitrogens is 5. The molecule has 0 saturated carbocycles. The number of rotatable bonds is 6. The van der Waals surface area contributed by atoms with Gasteiger partial charge in [-0.3, -0.25) is 4.68 Å². The minimum atomic E-state index is -4.87. The molecule has 0 saturated heterocycles. The van der Waals surface area contributed by atoms with Crippen molar-refractivity contribution in [3.63, 3.8) is 0 Å². The molecule has 0 spiro atoms. The van der Waals surface area contributed by atoms with Gasteiger partial charge in [0.05, 0.1) is 29.8 Å². The lowest BCUT2D eigenvalue weighted by atomic mass is 10.1. The molecule has 0 bridgehead atoms. The number of nitrogens with zero attached hydrogens (tertiary/aromatic N) is 5. The summed E-state index contributed by atoms with van der Waals surface area (Å²) >= 11 is 12.2. The second-order valence-electron chi connectivity index (χ2n) is 7.18. The zero-order valence-electron chi connectivity index (χ0n) is 17.3. The van der Waals surface area contributed by atoms with Crippen LogP contribution in [0, 0.1) is 5.82 Å². The zero-order valence-corrected chi connectivity index (χ0v) is 18.8. The molecule has 1 atom stereocenters. The van der Waals surface area contributed by atoms with Gasteiger partial charge in [-0.15, -0.1) is 0 Å². The van der Waals surface area contributed by atoms with Gasteiger partial charge in [-0.25, -0.2) is 14.4 Å². The normalized spacial score (nSPS) is 12.8. The molecule has 3 heterocycles. The molecule has 1 aromatic carbocycles. The van der Waals surface area contributed by atoms with Crippen LogP contribution in [0.4, 0.5) is 17.6 Å². The van der Waals surface area contributed by atoms with E-state index in [4.69, 9.17) is 33.0 Å². The van der Waals surface area contributed by atoms with Gasteiger partial charge in [-0.05, 0) is 25.1 Å². The third-order valence-corrected chi connectivity index (χ3v) is 5.55. The van der Waals surface area contributed by atoms with Gasteiger partial charge in [0.25, 0.3) is 0 Å². The Labute approximate surface area is 199 Å². The molecule has 34 heavy (non-hydrogen) atoms. The van der Waals surface area contributed by atoms with Crippen LogP contribution in [0.2, 0.25) is 10.0 Å². The summed E-state index contributed by atoms with van der Waals surface area (Å²) in [6, 6.07) is 3.83. The predicted octanol–water partition coefficient (Wildman–Crippen LogP) is 5.49. The number of alkyl halides is 3. The summed E-state index contributed by atoms with van der Waals surface area (Å²) in [5.41, 5.74) is 0.892. The van der Waals surface area contributed by atoms with E-state index in [2.05, 4.69) is 20.1 Å². The van der Waals surface area contributed by atoms with Crippen LogP contribution < -0.4 is 4.74 Å². The molecule has 7 nitrogen and oxygen atoms in total. The lowest BCUT2D eigenvalue weighted by Crippen LogP contribution is -2.14. The highest BCUT2D eigenvalue weighted by molar-refractivity contribution is 6.36. The van der Waals surface area contributed by atoms with E-state index in [-0.39, 0.29) is 39.8 Å². The van der Waals surface area contributed by atoms with Crippen molar-refractivity contribution in [1.29, 1.82) is 0 Å². The van der Waals surface area contributed by atoms with Crippen LogP contribution in [0.5, 0.6) is 5.88 Å². The molecule has 0 fully saturated rings. The van der Waals surface area contributed by atoms with E-state index in [0.29, 0.717) is 11.1 Å². The fourth-order valence-corrected chi connectivity index (χ4v) is 3.92. The second-order valence-corrected chi connectivity index (χ2v) is 7.96. The Morgan fingerprint density at radius 3 is 2.62 bits per heavy atom. The summed E-state index contributed by atoms with van der Waals surface area (Å²) in [4.78, 5) is 11.1. The number of hydrogen-bond donors (Lipinski definition) is 1. The predicted molar refractivity (Wildman–Crippen MR) is 116 cm³/mol. The van der Waals surface area contributed by atoms with Crippen LogP contribution in [0.1, 0.15) is 24.4 Å². The summed E-state index contributed by atoms with van der Waals surface area (Å²) < 4.78 is 61.5. The topological polar surface area (TPSA) is 86.0 Å². The van der Waals surface area contributed by atoms with E-state index >= 15 is 0 Å². The molecular formula is C21H15Cl2F4N5O2. The van der Waals surface area contributed by atoms with E-state index in [1.807, 2.05) is 0 Å². The second kappa shape index (κ2) is 9.32. The highest BCUT2D eigenvalue weighted by atomic mass is 35.5. The molecule has 0 radical (unpaired) electrons. The number of fused-ring (bicyclic) bond motifs is 1. The minimum Gasteiger partial charge on any atom is -0.469 e. The van der Waals surface area contributed by atoms with Crippen molar-refractivity contribution in [1.82, 2.24) is 24.7 Å². The van der Waals surface area contributed by atoms with Gasteiger partial charge in [0, 0.05) is 34.1 Å². The lowest BCUT2D eigenvalue weighted by Gasteiger charge is -2.19. The molecule has 0 amide bonds. The standard InChI is InChI=1S/C21H15Cl2F4N5O2/c1-10(16-14(22)2-3-15(24)17(16)23)34-19-13-6-11(12-8-29-32(9-12)4-5-33)7-28-18(13)30-20(31-19)21(25,26)27/h2-3,6-10,33H,4-5H2,1H3/t10-/m1/s1.